The van der Waals surface area contributed by atoms with Crippen molar-refractivity contribution in [2.75, 3.05) is 0 Å². The fraction of sp³-hybridized carbons (Fsp3) is 0.250. The second kappa shape index (κ2) is 5.44. The number of hydrogen-bond donors (Lipinski definition) is 1. The Morgan fingerprint density at radius 2 is 1.16 bits per heavy atom. The lowest BCUT2D eigenvalue weighted by Crippen LogP contribution is -2.17. The first kappa shape index (κ1) is 14.8. The monoisotopic (exact) mass is 306 g/mol. The SMILES string of the molecule is Cc1ccc(C)c(P(=S)(S)c2cc(C)ccc2C)c1. The molecule has 0 unspecified atom stereocenters. The fourth-order valence-corrected chi connectivity index (χ4v) is 6.82. The lowest BCUT2D eigenvalue weighted by molar-refractivity contribution is 1.42. The molecule has 0 heterocycles. The summed E-state index contributed by atoms with van der Waals surface area (Å²) >= 11 is 10.9. The summed E-state index contributed by atoms with van der Waals surface area (Å²) in [4.78, 5) is 0. The van der Waals surface area contributed by atoms with Crippen LogP contribution in [0.5, 0.6) is 0 Å². The molecule has 0 atom stereocenters. The predicted molar refractivity (Wildman–Crippen MR) is 94.4 cm³/mol. The molecule has 2 rings (SSSR count). The summed E-state index contributed by atoms with van der Waals surface area (Å²) in [6, 6.07) is 13.0. The Morgan fingerprint density at radius 3 is 1.53 bits per heavy atom. The van der Waals surface area contributed by atoms with E-state index < -0.39 is 5.24 Å². The quantitative estimate of drug-likeness (QED) is 0.641. The lowest BCUT2D eigenvalue weighted by atomic mass is 10.2. The second-order valence-corrected chi connectivity index (χ2v) is 11.5. The van der Waals surface area contributed by atoms with Gasteiger partial charge >= 0.3 is 0 Å². The minimum Gasteiger partial charge on any atom is -0.133 e. The minimum atomic E-state index is -2.00. The van der Waals surface area contributed by atoms with Crippen LogP contribution in [0.3, 0.4) is 0 Å². The van der Waals surface area contributed by atoms with E-state index in [9.17, 15) is 0 Å². The molecule has 0 aromatic heterocycles. The summed E-state index contributed by atoms with van der Waals surface area (Å²) in [5, 5.41) is 0.445. The van der Waals surface area contributed by atoms with Gasteiger partial charge < -0.3 is 0 Å². The maximum atomic E-state index is 5.95. The molecule has 0 amide bonds. The van der Waals surface area contributed by atoms with E-state index in [2.05, 4.69) is 64.1 Å². The standard InChI is InChI=1S/C16H19PS2/c1-11-5-7-13(3)15(9-11)17(18,19)16-10-12(2)6-8-14(16)4/h5-10H,1-4H3,(H,18,19). The maximum Gasteiger partial charge on any atom is 0.0589 e. The van der Waals surface area contributed by atoms with Crippen LogP contribution in [0.25, 0.3) is 0 Å². The average Bonchev–Trinajstić information content (AvgIpc) is 2.35. The van der Waals surface area contributed by atoms with Gasteiger partial charge in [0.05, 0.1) is 5.24 Å². The van der Waals surface area contributed by atoms with Crippen molar-refractivity contribution >= 4 is 39.9 Å². The van der Waals surface area contributed by atoms with Crippen molar-refractivity contribution in [2.45, 2.75) is 27.7 Å². The Balaban J connectivity index is 2.68. The molecule has 0 spiro atoms. The van der Waals surface area contributed by atoms with E-state index in [1.807, 2.05) is 0 Å². The lowest BCUT2D eigenvalue weighted by Gasteiger charge is -2.22. The third-order valence-corrected chi connectivity index (χ3v) is 8.13. The smallest absolute Gasteiger partial charge is 0.0589 e. The van der Waals surface area contributed by atoms with Crippen molar-refractivity contribution < 1.29 is 0 Å². The third kappa shape index (κ3) is 2.97. The Morgan fingerprint density at radius 1 is 0.789 bits per heavy atom. The van der Waals surface area contributed by atoms with Crippen LogP contribution in [0, 0.1) is 27.7 Å². The number of thiol groups is 1. The number of benzene rings is 2. The van der Waals surface area contributed by atoms with E-state index in [-0.39, 0.29) is 0 Å². The molecule has 3 heteroatoms. The van der Waals surface area contributed by atoms with Crippen molar-refractivity contribution in [1.29, 1.82) is 0 Å². The van der Waals surface area contributed by atoms with Gasteiger partial charge in [0.1, 0.15) is 0 Å². The highest BCUT2D eigenvalue weighted by molar-refractivity contribution is 8.68. The molecule has 0 fully saturated rings. The van der Waals surface area contributed by atoms with Gasteiger partial charge in [-0.2, -0.15) is 0 Å². The molecular formula is C16H19PS2. The first-order valence-corrected chi connectivity index (χ1v) is 10.3. The van der Waals surface area contributed by atoms with Crippen LogP contribution in [0.15, 0.2) is 36.4 Å². The predicted octanol–water partition coefficient (Wildman–Crippen LogP) is 4.20. The summed E-state index contributed by atoms with van der Waals surface area (Å²) in [5.41, 5.74) is 4.97. The maximum absolute atomic E-state index is 5.95. The van der Waals surface area contributed by atoms with E-state index in [0.717, 1.165) is 0 Å². The van der Waals surface area contributed by atoms with Crippen molar-refractivity contribution in [3.05, 3.63) is 58.7 Å². The molecule has 2 aromatic carbocycles. The van der Waals surface area contributed by atoms with Gasteiger partial charge in [-0.1, -0.05) is 47.2 Å². The highest BCUT2D eigenvalue weighted by Gasteiger charge is 2.21. The van der Waals surface area contributed by atoms with Gasteiger partial charge in [0.25, 0.3) is 0 Å². The molecule has 19 heavy (non-hydrogen) atoms. The zero-order valence-corrected chi connectivity index (χ0v) is 14.4. The Bertz CT molecular complexity index is 619. The van der Waals surface area contributed by atoms with Gasteiger partial charge in [0.2, 0.25) is 0 Å². The van der Waals surface area contributed by atoms with Gasteiger partial charge in [-0.3, -0.25) is 0 Å². The highest BCUT2D eigenvalue weighted by atomic mass is 32.9. The normalized spacial score (nSPS) is 11.6. The summed E-state index contributed by atoms with van der Waals surface area (Å²) in [5.74, 6) is 0. The third-order valence-electron chi connectivity index (χ3n) is 3.38. The van der Waals surface area contributed by atoms with E-state index in [1.54, 1.807) is 0 Å². The van der Waals surface area contributed by atoms with Crippen LogP contribution in [0.4, 0.5) is 0 Å². The van der Waals surface area contributed by atoms with Gasteiger partial charge in [0.15, 0.2) is 0 Å². The molecule has 0 nitrogen and oxygen atoms in total. The molecule has 0 aliphatic carbocycles. The Kier molecular flexibility index (Phi) is 4.25. The van der Waals surface area contributed by atoms with E-state index in [0.29, 0.717) is 0 Å². The molecule has 0 aliphatic heterocycles. The van der Waals surface area contributed by atoms with Gasteiger partial charge in [-0.25, -0.2) is 0 Å². The molecule has 0 aliphatic rings. The second-order valence-electron chi connectivity index (χ2n) is 5.16. The van der Waals surface area contributed by atoms with Gasteiger partial charge in [-0.15, -0.1) is 12.2 Å². The van der Waals surface area contributed by atoms with Crippen LogP contribution in [0.1, 0.15) is 22.3 Å². The van der Waals surface area contributed by atoms with Crippen LogP contribution >= 0.6 is 17.5 Å². The van der Waals surface area contributed by atoms with Crippen molar-refractivity contribution in [3.8, 4) is 0 Å². The first-order chi connectivity index (χ1) is 8.82. The van der Waals surface area contributed by atoms with Gasteiger partial charge in [0, 0.05) is 10.6 Å². The summed E-state index contributed by atoms with van der Waals surface area (Å²) in [6.45, 7) is 8.46. The molecule has 100 valence electrons. The van der Waals surface area contributed by atoms with Crippen molar-refractivity contribution in [3.63, 3.8) is 0 Å². The average molecular weight is 306 g/mol. The topological polar surface area (TPSA) is 0 Å². The molecule has 0 bridgehead atoms. The highest BCUT2D eigenvalue weighted by Crippen LogP contribution is 2.50. The molecule has 2 aromatic rings. The summed E-state index contributed by atoms with van der Waals surface area (Å²) in [6.07, 6.45) is 0. The fourth-order valence-electron chi connectivity index (χ4n) is 2.22. The summed E-state index contributed by atoms with van der Waals surface area (Å²) in [7, 11) is 0. The van der Waals surface area contributed by atoms with E-state index in [4.69, 9.17) is 24.1 Å². The molecule has 0 saturated carbocycles. The van der Waals surface area contributed by atoms with Crippen LogP contribution in [-0.2, 0) is 11.8 Å². The van der Waals surface area contributed by atoms with Crippen LogP contribution < -0.4 is 10.6 Å². The Hall–Kier alpha value is -0.560. The summed E-state index contributed by atoms with van der Waals surface area (Å²) < 4.78 is 0. The van der Waals surface area contributed by atoms with E-state index >= 15 is 0 Å². The zero-order valence-electron chi connectivity index (χ0n) is 11.8. The molecule has 0 N–H and O–H groups in total. The minimum absolute atomic E-state index is 1.22. The molecular weight excluding hydrogens is 287 g/mol. The number of aryl methyl sites for hydroxylation is 4. The molecule has 0 radical (unpaired) electrons. The van der Waals surface area contributed by atoms with Crippen molar-refractivity contribution in [1.82, 2.24) is 0 Å². The van der Waals surface area contributed by atoms with Crippen LogP contribution in [-0.4, -0.2) is 0 Å². The van der Waals surface area contributed by atoms with Crippen molar-refractivity contribution in [2.24, 2.45) is 0 Å². The molecule has 0 saturated heterocycles. The largest absolute Gasteiger partial charge is 0.133 e. The van der Waals surface area contributed by atoms with Crippen LogP contribution in [0.2, 0.25) is 0 Å². The number of rotatable bonds is 2. The Labute approximate surface area is 126 Å². The van der Waals surface area contributed by atoms with Gasteiger partial charge in [-0.05, 0) is 51.0 Å². The number of hydrogen-bond acceptors (Lipinski definition) is 1. The first-order valence-electron chi connectivity index (χ1n) is 6.31. The van der Waals surface area contributed by atoms with E-state index in [1.165, 1.54) is 32.9 Å². The zero-order chi connectivity index (χ0) is 14.2.